The van der Waals surface area contributed by atoms with Gasteiger partial charge in [-0.25, -0.2) is 4.39 Å². The minimum Gasteiger partial charge on any atom is -0.484 e. The number of halogens is 2. The number of rotatable bonds is 6. The normalized spacial score (nSPS) is 24.5. The Balaban J connectivity index is 1.24. The zero-order valence-electron chi connectivity index (χ0n) is 15.4. The third kappa shape index (κ3) is 3.56. The minimum absolute atomic E-state index is 0.00340. The molecule has 3 fully saturated rings. The van der Waals surface area contributed by atoms with Crippen LogP contribution in [0.25, 0.3) is 0 Å². The van der Waals surface area contributed by atoms with Gasteiger partial charge in [0.2, 0.25) is 0 Å². The van der Waals surface area contributed by atoms with Gasteiger partial charge in [-0.05, 0) is 50.5 Å². The Bertz CT molecular complexity index is 943. The number of ether oxygens (including phenoxy) is 1. The molecule has 0 saturated heterocycles. The summed E-state index contributed by atoms with van der Waals surface area (Å²) in [6.45, 7) is 1.74. The number of amides is 2. The van der Waals surface area contributed by atoms with Crippen molar-refractivity contribution in [2.45, 2.75) is 37.3 Å². The molecule has 0 aromatic heterocycles. The molecule has 0 radical (unpaired) electrons. The van der Waals surface area contributed by atoms with Crippen LogP contribution in [0.3, 0.4) is 0 Å². The van der Waals surface area contributed by atoms with E-state index in [-0.39, 0.29) is 40.3 Å². The zero-order valence-corrected chi connectivity index (χ0v) is 16.1. The van der Waals surface area contributed by atoms with Gasteiger partial charge in [0.05, 0.1) is 5.02 Å². The summed E-state index contributed by atoms with van der Waals surface area (Å²) in [7, 11) is 0. The van der Waals surface area contributed by atoms with E-state index in [1.54, 1.807) is 6.07 Å². The van der Waals surface area contributed by atoms with E-state index < -0.39 is 5.82 Å². The van der Waals surface area contributed by atoms with Crippen molar-refractivity contribution < 1.29 is 18.7 Å². The molecular formula is C21H20ClFN2O3. The summed E-state index contributed by atoms with van der Waals surface area (Å²) in [4.78, 5) is 24.6. The fourth-order valence-electron chi connectivity index (χ4n) is 4.20. The van der Waals surface area contributed by atoms with E-state index in [4.69, 9.17) is 16.3 Å². The van der Waals surface area contributed by atoms with Gasteiger partial charge < -0.3 is 15.4 Å². The lowest BCUT2D eigenvalue weighted by molar-refractivity contribution is -0.141. The van der Waals surface area contributed by atoms with Crippen molar-refractivity contribution in [3.8, 4) is 5.75 Å². The molecule has 5 rings (SSSR count). The Kier molecular flexibility index (Phi) is 4.54. The Hall–Kier alpha value is -2.60. The molecule has 0 atom stereocenters. The first-order chi connectivity index (χ1) is 13.3. The van der Waals surface area contributed by atoms with Crippen molar-refractivity contribution in [2.75, 3.05) is 6.61 Å². The van der Waals surface area contributed by atoms with Gasteiger partial charge in [0.1, 0.15) is 11.6 Å². The molecule has 28 heavy (non-hydrogen) atoms. The second-order valence-corrected chi connectivity index (χ2v) is 8.23. The standard InChI is InChI=1S/C21H20ClFN2O3/c1-13-3-2-4-14(7-13)19(27)25-21-10-20(11-21,12-21)24-18(26)9-28-15-5-6-16(22)17(23)8-15/h2-8H,9-12H2,1H3,(H,24,26)(H,25,27). The highest BCUT2D eigenvalue weighted by Gasteiger charge is 2.69. The van der Waals surface area contributed by atoms with Gasteiger partial charge in [0, 0.05) is 22.7 Å². The summed E-state index contributed by atoms with van der Waals surface area (Å²) < 4.78 is 18.7. The lowest BCUT2D eigenvalue weighted by Gasteiger charge is -2.70. The highest BCUT2D eigenvalue weighted by Crippen LogP contribution is 2.60. The molecule has 146 valence electrons. The minimum atomic E-state index is -0.592. The van der Waals surface area contributed by atoms with Gasteiger partial charge in [0.25, 0.3) is 11.8 Å². The SMILES string of the molecule is Cc1cccc(C(=O)NC23CC(NC(=O)COc4ccc(Cl)c(F)c4)(C2)C3)c1. The van der Waals surface area contributed by atoms with Crippen LogP contribution in [0.4, 0.5) is 4.39 Å². The molecule has 0 aliphatic heterocycles. The van der Waals surface area contributed by atoms with Crippen LogP contribution >= 0.6 is 11.6 Å². The van der Waals surface area contributed by atoms with Crippen molar-refractivity contribution in [1.82, 2.24) is 10.6 Å². The summed E-state index contributed by atoms with van der Waals surface area (Å²) in [6, 6.07) is 11.5. The molecular weight excluding hydrogens is 383 g/mol. The number of hydrogen-bond acceptors (Lipinski definition) is 3. The lowest BCUT2D eigenvalue weighted by Crippen LogP contribution is -2.84. The van der Waals surface area contributed by atoms with Crippen molar-refractivity contribution in [3.63, 3.8) is 0 Å². The van der Waals surface area contributed by atoms with Crippen LogP contribution in [0.2, 0.25) is 5.02 Å². The number of nitrogens with one attached hydrogen (secondary N) is 2. The number of carbonyl (C=O) groups excluding carboxylic acids is 2. The maximum atomic E-state index is 13.4. The van der Waals surface area contributed by atoms with E-state index in [0.29, 0.717) is 24.8 Å². The second kappa shape index (κ2) is 6.78. The lowest BCUT2D eigenvalue weighted by atomic mass is 9.44. The smallest absolute Gasteiger partial charge is 0.258 e. The third-order valence-electron chi connectivity index (χ3n) is 5.35. The van der Waals surface area contributed by atoms with Gasteiger partial charge in [-0.2, -0.15) is 0 Å². The van der Waals surface area contributed by atoms with E-state index in [2.05, 4.69) is 10.6 Å². The molecule has 2 N–H and O–H groups in total. The zero-order chi connectivity index (χ0) is 19.9. The number of benzene rings is 2. The molecule has 7 heteroatoms. The van der Waals surface area contributed by atoms with Crippen LogP contribution in [0.5, 0.6) is 5.75 Å². The van der Waals surface area contributed by atoms with Crippen LogP contribution in [0, 0.1) is 12.7 Å². The highest BCUT2D eigenvalue weighted by atomic mass is 35.5. The molecule has 0 spiro atoms. The average molecular weight is 403 g/mol. The summed E-state index contributed by atoms with van der Waals surface area (Å²) in [6.07, 6.45) is 2.12. The fraction of sp³-hybridized carbons (Fsp3) is 0.333. The molecule has 2 aromatic rings. The molecule has 2 aromatic carbocycles. The molecule has 0 unspecified atom stereocenters. The first kappa shape index (κ1) is 18.7. The number of aryl methyl sites for hydroxylation is 1. The topological polar surface area (TPSA) is 67.4 Å². The summed E-state index contributed by atoms with van der Waals surface area (Å²) in [5, 5.41) is 6.06. The van der Waals surface area contributed by atoms with E-state index in [9.17, 15) is 14.0 Å². The van der Waals surface area contributed by atoms with Gasteiger partial charge in [0.15, 0.2) is 6.61 Å². The van der Waals surface area contributed by atoms with E-state index >= 15 is 0 Å². The van der Waals surface area contributed by atoms with Crippen molar-refractivity contribution in [1.29, 1.82) is 0 Å². The predicted octanol–water partition coefficient (Wildman–Crippen LogP) is 3.39. The molecule has 3 aliphatic carbocycles. The summed E-state index contributed by atoms with van der Waals surface area (Å²) in [5.41, 5.74) is 1.18. The highest BCUT2D eigenvalue weighted by molar-refractivity contribution is 6.30. The van der Waals surface area contributed by atoms with Crippen molar-refractivity contribution in [2.24, 2.45) is 0 Å². The Morgan fingerprint density at radius 2 is 1.82 bits per heavy atom. The Morgan fingerprint density at radius 1 is 1.11 bits per heavy atom. The predicted molar refractivity (Wildman–Crippen MR) is 103 cm³/mol. The third-order valence-corrected chi connectivity index (χ3v) is 5.66. The van der Waals surface area contributed by atoms with Crippen molar-refractivity contribution >= 4 is 23.4 Å². The summed E-state index contributed by atoms with van der Waals surface area (Å²) >= 11 is 5.62. The maximum absolute atomic E-state index is 13.4. The molecule has 2 bridgehead atoms. The first-order valence-corrected chi connectivity index (χ1v) is 9.44. The Morgan fingerprint density at radius 3 is 2.50 bits per heavy atom. The number of carbonyl (C=O) groups is 2. The van der Waals surface area contributed by atoms with Gasteiger partial charge in [-0.3, -0.25) is 9.59 Å². The van der Waals surface area contributed by atoms with Crippen LogP contribution in [-0.4, -0.2) is 29.5 Å². The number of hydrogen-bond donors (Lipinski definition) is 2. The van der Waals surface area contributed by atoms with Crippen LogP contribution in [0.1, 0.15) is 35.2 Å². The molecule has 3 saturated carbocycles. The maximum Gasteiger partial charge on any atom is 0.258 e. The van der Waals surface area contributed by atoms with Gasteiger partial charge in [-0.1, -0.05) is 29.3 Å². The van der Waals surface area contributed by atoms with Crippen LogP contribution in [0.15, 0.2) is 42.5 Å². The quantitative estimate of drug-likeness (QED) is 0.778. The van der Waals surface area contributed by atoms with Crippen LogP contribution < -0.4 is 15.4 Å². The molecule has 0 heterocycles. The van der Waals surface area contributed by atoms with E-state index in [0.717, 1.165) is 11.6 Å². The molecule has 5 nitrogen and oxygen atoms in total. The second-order valence-electron chi connectivity index (χ2n) is 7.83. The summed E-state index contributed by atoms with van der Waals surface area (Å²) in [5.74, 6) is -0.702. The van der Waals surface area contributed by atoms with E-state index in [1.807, 2.05) is 25.1 Å². The van der Waals surface area contributed by atoms with Crippen LogP contribution in [-0.2, 0) is 4.79 Å². The first-order valence-electron chi connectivity index (χ1n) is 9.06. The molecule has 3 aliphatic rings. The van der Waals surface area contributed by atoms with Crippen molar-refractivity contribution in [3.05, 3.63) is 64.4 Å². The van der Waals surface area contributed by atoms with Gasteiger partial charge in [-0.15, -0.1) is 0 Å². The Labute approximate surface area is 167 Å². The molecule has 2 amide bonds. The monoisotopic (exact) mass is 402 g/mol. The largest absolute Gasteiger partial charge is 0.484 e. The average Bonchev–Trinajstić information content (AvgIpc) is 2.59. The van der Waals surface area contributed by atoms with Gasteiger partial charge >= 0.3 is 0 Å². The fourth-order valence-corrected chi connectivity index (χ4v) is 4.32. The van der Waals surface area contributed by atoms with E-state index in [1.165, 1.54) is 12.1 Å².